The van der Waals surface area contributed by atoms with Crippen LogP contribution in [0.1, 0.15) is 68.6 Å². The van der Waals surface area contributed by atoms with Crippen LogP contribution in [0.4, 0.5) is 0 Å². The molecule has 0 amide bonds. The van der Waals surface area contributed by atoms with Gasteiger partial charge in [0.2, 0.25) is 0 Å². The first-order valence-corrected chi connectivity index (χ1v) is 7.27. The maximum atomic E-state index is 6.30. The summed E-state index contributed by atoms with van der Waals surface area (Å²) in [6.07, 6.45) is 5.91. The lowest BCUT2D eigenvalue weighted by atomic mass is 9.89. The topological polar surface area (TPSA) is 57.9 Å². The van der Waals surface area contributed by atoms with Crippen molar-refractivity contribution in [3.63, 3.8) is 0 Å². The molecule has 0 radical (unpaired) electrons. The lowest BCUT2D eigenvalue weighted by Gasteiger charge is -2.29. The van der Waals surface area contributed by atoms with E-state index in [-0.39, 0.29) is 6.04 Å². The van der Waals surface area contributed by atoms with E-state index >= 15 is 0 Å². The zero-order chi connectivity index (χ0) is 12.7. The molecule has 0 aromatic carbocycles. The van der Waals surface area contributed by atoms with Crippen LogP contribution in [0.25, 0.3) is 0 Å². The lowest BCUT2D eigenvalue weighted by Crippen LogP contribution is -2.31. The van der Waals surface area contributed by atoms with E-state index in [2.05, 4.69) is 28.9 Å². The van der Waals surface area contributed by atoms with Gasteiger partial charge in [-0.05, 0) is 52.5 Å². The number of nitrogens with one attached hydrogen (secondary N) is 1. The number of hydrogen-bond acceptors (Lipinski definition) is 3. The number of rotatable bonds is 2. The summed E-state index contributed by atoms with van der Waals surface area (Å²) in [5, 5.41) is 7.85. The molecule has 1 fully saturated rings. The van der Waals surface area contributed by atoms with Crippen LogP contribution in [0, 0.1) is 0 Å². The molecule has 4 heteroatoms. The number of likely N-dealkylation sites (tertiary alicyclic amines) is 1. The number of hydrogen-bond donors (Lipinski definition) is 2. The van der Waals surface area contributed by atoms with Crippen LogP contribution in [0.15, 0.2) is 0 Å². The molecule has 1 saturated heterocycles. The quantitative estimate of drug-likeness (QED) is 0.844. The molecular formula is C14H24N4. The number of nitrogens with two attached hydrogens (primary N) is 1. The standard InChI is InChI=1S/C14H24N4/c1-9(2)18-8-4-7-12(18)14-13-10(15)5-3-6-11(13)16-17-14/h9-10,12H,3-8,15H2,1-2H3,(H,16,17)/t10-,12-/m0/s1. The van der Waals surface area contributed by atoms with Crippen LogP contribution in [0.5, 0.6) is 0 Å². The minimum atomic E-state index is 0.192. The third kappa shape index (κ3) is 1.88. The molecule has 2 aliphatic rings. The van der Waals surface area contributed by atoms with Crippen molar-refractivity contribution in [2.45, 2.75) is 64.1 Å². The van der Waals surface area contributed by atoms with Crippen molar-refractivity contribution in [1.29, 1.82) is 0 Å². The fourth-order valence-corrected chi connectivity index (χ4v) is 3.60. The SMILES string of the molecule is CC(C)N1CCC[C@H]1c1n[nH]c2c1[C@@H](N)CCC2. The van der Waals surface area contributed by atoms with Crippen LogP contribution in [-0.4, -0.2) is 27.7 Å². The number of fused-ring (bicyclic) bond motifs is 1. The van der Waals surface area contributed by atoms with Crippen molar-refractivity contribution >= 4 is 0 Å². The Morgan fingerprint density at radius 3 is 2.94 bits per heavy atom. The highest BCUT2D eigenvalue weighted by atomic mass is 15.2. The summed E-state index contributed by atoms with van der Waals surface area (Å²) in [5.41, 5.74) is 10.2. The predicted molar refractivity (Wildman–Crippen MR) is 72.3 cm³/mol. The Morgan fingerprint density at radius 1 is 1.33 bits per heavy atom. The number of nitrogens with zero attached hydrogens (tertiary/aromatic N) is 2. The van der Waals surface area contributed by atoms with Crippen molar-refractivity contribution in [1.82, 2.24) is 15.1 Å². The fourth-order valence-electron chi connectivity index (χ4n) is 3.60. The average Bonchev–Trinajstić information content (AvgIpc) is 2.94. The van der Waals surface area contributed by atoms with Gasteiger partial charge in [0.15, 0.2) is 0 Å². The highest BCUT2D eigenvalue weighted by molar-refractivity contribution is 5.33. The third-order valence-corrected chi connectivity index (χ3v) is 4.50. The molecule has 3 rings (SSSR count). The van der Waals surface area contributed by atoms with Crippen LogP contribution in [-0.2, 0) is 6.42 Å². The Labute approximate surface area is 109 Å². The predicted octanol–water partition coefficient (Wildman–Crippen LogP) is 2.29. The summed E-state index contributed by atoms with van der Waals surface area (Å²) in [5.74, 6) is 0. The van der Waals surface area contributed by atoms with E-state index in [1.54, 1.807) is 0 Å². The van der Waals surface area contributed by atoms with Crippen LogP contribution >= 0.6 is 0 Å². The number of aryl methyl sites for hydroxylation is 1. The fraction of sp³-hybridized carbons (Fsp3) is 0.786. The molecule has 3 N–H and O–H groups in total. The molecule has 18 heavy (non-hydrogen) atoms. The highest BCUT2D eigenvalue weighted by Gasteiger charge is 2.34. The number of aromatic nitrogens is 2. The largest absolute Gasteiger partial charge is 0.324 e. The molecule has 1 aliphatic carbocycles. The molecule has 1 aromatic heterocycles. The second kappa shape index (κ2) is 4.67. The van der Waals surface area contributed by atoms with Crippen molar-refractivity contribution in [2.75, 3.05) is 6.54 Å². The van der Waals surface area contributed by atoms with E-state index in [4.69, 9.17) is 5.73 Å². The third-order valence-electron chi connectivity index (χ3n) is 4.50. The van der Waals surface area contributed by atoms with Crippen molar-refractivity contribution in [3.05, 3.63) is 17.0 Å². The van der Waals surface area contributed by atoms with Gasteiger partial charge in [0.1, 0.15) is 0 Å². The summed E-state index contributed by atoms with van der Waals surface area (Å²) >= 11 is 0. The number of aromatic amines is 1. The molecule has 4 nitrogen and oxygen atoms in total. The van der Waals surface area contributed by atoms with Crippen LogP contribution < -0.4 is 5.73 Å². The van der Waals surface area contributed by atoms with E-state index in [1.165, 1.54) is 42.8 Å². The summed E-state index contributed by atoms with van der Waals surface area (Å²) in [6, 6.07) is 1.26. The molecule has 0 spiro atoms. The Kier molecular flexibility index (Phi) is 3.16. The summed E-state index contributed by atoms with van der Waals surface area (Å²) in [6.45, 7) is 5.74. The van der Waals surface area contributed by atoms with E-state index < -0.39 is 0 Å². The smallest absolute Gasteiger partial charge is 0.0844 e. The van der Waals surface area contributed by atoms with Gasteiger partial charge in [-0.2, -0.15) is 5.10 Å². The zero-order valence-corrected chi connectivity index (χ0v) is 11.4. The van der Waals surface area contributed by atoms with Gasteiger partial charge < -0.3 is 5.73 Å². The molecule has 1 aliphatic heterocycles. The van der Waals surface area contributed by atoms with E-state index in [9.17, 15) is 0 Å². The van der Waals surface area contributed by atoms with Gasteiger partial charge in [0, 0.05) is 23.3 Å². The van der Waals surface area contributed by atoms with Gasteiger partial charge in [-0.1, -0.05) is 0 Å². The van der Waals surface area contributed by atoms with Gasteiger partial charge in [-0.15, -0.1) is 0 Å². The molecule has 0 unspecified atom stereocenters. The van der Waals surface area contributed by atoms with Crippen molar-refractivity contribution in [3.8, 4) is 0 Å². The molecule has 2 heterocycles. The molecular weight excluding hydrogens is 224 g/mol. The maximum absolute atomic E-state index is 6.30. The van der Waals surface area contributed by atoms with Gasteiger partial charge in [0.05, 0.1) is 11.7 Å². The second-order valence-corrected chi connectivity index (χ2v) is 5.99. The zero-order valence-electron chi connectivity index (χ0n) is 11.4. The minimum Gasteiger partial charge on any atom is -0.324 e. The molecule has 0 bridgehead atoms. The summed E-state index contributed by atoms with van der Waals surface area (Å²) in [4.78, 5) is 2.57. The van der Waals surface area contributed by atoms with Gasteiger partial charge in [-0.25, -0.2) is 0 Å². The molecule has 2 atom stereocenters. The molecule has 1 aromatic rings. The summed E-state index contributed by atoms with van der Waals surface area (Å²) in [7, 11) is 0. The van der Waals surface area contributed by atoms with E-state index in [0.29, 0.717) is 12.1 Å². The second-order valence-electron chi connectivity index (χ2n) is 5.99. The van der Waals surface area contributed by atoms with Crippen molar-refractivity contribution < 1.29 is 0 Å². The Morgan fingerprint density at radius 2 is 2.17 bits per heavy atom. The Bertz CT molecular complexity index is 423. The lowest BCUT2D eigenvalue weighted by molar-refractivity contribution is 0.201. The van der Waals surface area contributed by atoms with Crippen LogP contribution in [0.3, 0.4) is 0 Å². The highest BCUT2D eigenvalue weighted by Crippen LogP contribution is 2.39. The monoisotopic (exact) mass is 248 g/mol. The summed E-state index contributed by atoms with van der Waals surface area (Å²) < 4.78 is 0. The van der Waals surface area contributed by atoms with Gasteiger partial charge in [0.25, 0.3) is 0 Å². The number of H-pyrrole nitrogens is 1. The van der Waals surface area contributed by atoms with Crippen molar-refractivity contribution in [2.24, 2.45) is 5.73 Å². The first kappa shape index (κ1) is 12.2. The Hall–Kier alpha value is -0.870. The van der Waals surface area contributed by atoms with Gasteiger partial charge in [-0.3, -0.25) is 10.00 Å². The first-order chi connectivity index (χ1) is 8.68. The van der Waals surface area contributed by atoms with Crippen LogP contribution in [0.2, 0.25) is 0 Å². The van der Waals surface area contributed by atoms with E-state index in [1.807, 2.05) is 0 Å². The first-order valence-electron chi connectivity index (χ1n) is 7.27. The normalized spacial score (nSPS) is 28.9. The maximum Gasteiger partial charge on any atom is 0.0844 e. The molecule has 0 saturated carbocycles. The average molecular weight is 248 g/mol. The van der Waals surface area contributed by atoms with E-state index in [0.717, 1.165) is 12.8 Å². The molecule has 100 valence electrons. The Balaban J connectivity index is 1.95. The van der Waals surface area contributed by atoms with Gasteiger partial charge >= 0.3 is 0 Å². The minimum absolute atomic E-state index is 0.192.